The van der Waals surface area contributed by atoms with Crippen LogP contribution in [0.1, 0.15) is 11.1 Å². The van der Waals surface area contributed by atoms with Crippen molar-refractivity contribution in [2.75, 3.05) is 36.4 Å². The lowest BCUT2D eigenvalue weighted by Crippen LogP contribution is -2.50. The van der Waals surface area contributed by atoms with Gasteiger partial charge in [0.1, 0.15) is 0 Å². The van der Waals surface area contributed by atoms with Crippen LogP contribution in [0.2, 0.25) is 5.02 Å². The van der Waals surface area contributed by atoms with Crippen LogP contribution < -0.4 is 21.5 Å². The highest BCUT2D eigenvalue weighted by molar-refractivity contribution is 6.30. The van der Waals surface area contributed by atoms with E-state index in [1.165, 1.54) is 11.6 Å². The zero-order valence-corrected chi connectivity index (χ0v) is 21.7. The highest BCUT2D eigenvalue weighted by Gasteiger charge is 2.27. The van der Waals surface area contributed by atoms with Crippen LogP contribution in [0.4, 0.5) is 16.4 Å². The van der Waals surface area contributed by atoms with Gasteiger partial charge >= 0.3 is 11.7 Å². The molecule has 4 aromatic rings. The summed E-state index contributed by atoms with van der Waals surface area (Å²) in [5, 5.41) is 3.50. The third-order valence-electron chi connectivity index (χ3n) is 6.70. The van der Waals surface area contributed by atoms with Gasteiger partial charge in [-0.15, -0.1) is 0 Å². The number of carbonyl (C=O) groups is 1. The molecule has 0 atom stereocenters. The van der Waals surface area contributed by atoms with Crippen LogP contribution in [-0.2, 0) is 20.6 Å². The maximum atomic E-state index is 13.2. The van der Waals surface area contributed by atoms with Gasteiger partial charge < -0.3 is 15.1 Å². The minimum Gasteiger partial charge on any atom is -0.339 e. The number of hydrogen-bond acceptors (Lipinski definition) is 5. The molecule has 0 bridgehead atoms. The number of fused-ring (bicyclic) bond motifs is 1. The van der Waals surface area contributed by atoms with Gasteiger partial charge in [-0.05, 0) is 36.8 Å². The fourth-order valence-electron chi connectivity index (χ4n) is 4.66. The second-order valence-electron chi connectivity index (χ2n) is 9.28. The number of nitrogens with zero attached hydrogens (tertiary/aromatic N) is 6. The van der Waals surface area contributed by atoms with Crippen LogP contribution in [0.15, 0.2) is 58.1 Å². The Balaban J connectivity index is 1.45. The Morgan fingerprint density at radius 1 is 1.00 bits per heavy atom. The molecule has 2 aromatic heterocycles. The van der Waals surface area contributed by atoms with Crippen molar-refractivity contribution >= 4 is 40.4 Å². The maximum absolute atomic E-state index is 13.2. The minimum atomic E-state index is -0.423. The molecule has 1 N–H and O–H groups in total. The van der Waals surface area contributed by atoms with Crippen LogP contribution in [0.5, 0.6) is 0 Å². The molecule has 1 fully saturated rings. The number of anilines is 2. The smallest absolute Gasteiger partial charge is 0.332 e. The SMILES string of the molecule is Cc1cccc(Cn2c(N3CCN(C(=O)Nc4ccc(Cl)cc4)CC3)nc3c2c(=O)n(C)c(=O)n3C)c1. The molecule has 0 unspecified atom stereocenters. The van der Waals surface area contributed by atoms with Crippen molar-refractivity contribution in [2.24, 2.45) is 14.1 Å². The lowest BCUT2D eigenvalue weighted by atomic mass is 10.1. The Morgan fingerprint density at radius 2 is 1.70 bits per heavy atom. The van der Waals surface area contributed by atoms with Crippen molar-refractivity contribution in [1.82, 2.24) is 23.6 Å². The van der Waals surface area contributed by atoms with E-state index >= 15 is 0 Å². The van der Waals surface area contributed by atoms with Crippen molar-refractivity contribution in [2.45, 2.75) is 13.5 Å². The Kier molecular flexibility index (Phi) is 6.51. The maximum Gasteiger partial charge on any atom is 0.332 e. The van der Waals surface area contributed by atoms with Crippen molar-refractivity contribution in [3.63, 3.8) is 0 Å². The normalized spacial score (nSPS) is 13.8. The minimum absolute atomic E-state index is 0.188. The second kappa shape index (κ2) is 9.78. The molecule has 0 spiro atoms. The summed E-state index contributed by atoms with van der Waals surface area (Å²) >= 11 is 5.93. The quantitative estimate of drug-likeness (QED) is 0.445. The van der Waals surface area contributed by atoms with Gasteiger partial charge in [-0.25, -0.2) is 9.59 Å². The summed E-state index contributed by atoms with van der Waals surface area (Å²) in [6, 6.07) is 14.9. The monoisotopic (exact) mass is 521 g/mol. The average molecular weight is 522 g/mol. The number of aromatic nitrogens is 4. The van der Waals surface area contributed by atoms with Crippen molar-refractivity contribution in [1.29, 1.82) is 0 Å². The third kappa shape index (κ3) is 4.72. The fourth-order valence-corrected chi connectivity index (χ4v) is 4.79. The number of carbonyl (C=O) groups excluding carboxylic acids is 1. The first-order chi connectivity index (χ1) is 17.7. The lowest BCUT2D eigenvalue weighted by molar-refractivity contribution is 0.208. The molecule has 0 aliphatic carbocycles. The molecule has 5 rings (SSSR count). The summed E-state index contributed by atoms with van der Waals surface area (Å²) in [7, 11) is 3.10. The van der Waals surface area contributed by atoms with Crippen LogP contribution in [0, 0.1) is 6.92 Å². The van der Waals surface area contributed by atoms with Crippen LogP contribution in [0.25, 0.3) is 11.2 Å². The van der Waals surface area contributed by atoms with Crippen LogP contribution in [-0.4, -0.2) is 55.8 Å². The molecule has 10 nitrogen and oxygen atoms in total. The van der Waals surface area contributed by atoms with Gasteiger partial charge in [0.25, 0.3) is 5.56 Å². The average Bonchev–Trinajstić information content (AvgIpc) is 3.27. The van der Waals surface area contributed by atoms with E-state index in [2.05, 4.69) is 16.3 Å². The van der Waals surface area contributed by atoms with E-state index in [1.807, 2.05) is 29.7 Å². The van der Waals surface area contributed by atoms with Gasteiger partial charge in [0, 0.05) is 51.0 Å². The summed E-state index contributed by atoms with van der Waals surface area (Å²) < 4.78 is 4.40. The number of imidazole rings is 1. The highest BCUT2D eigenvalue weighted by Crippen LogP contribution is 2.23. The largest absolute Gasteiger partial charge is 0.339 e. The molecule has 0 radical (unpaired) electrons. The van der Waals surface area contributed by atoms with E-state index in [4.69, 9.17) is 16.6 Å². The number of benzene rings is 2. The van der Waals surface area contributed by atoms with Crippen molar-refractivity contribution in [3.05, 3.63) is 85.5 Å². The Labute approximate surface area is 218 Å². The number of nitrogens with one attached hydrogen (secondary N) is 1. The molecule has 11 heteroatoms. The van der Waals surface area contributed by atoms with E-state index in [0.717, 1.165) is 15.7 Å². The third-order valence-corrected chi connectivity index (χ3v) is 6.95. The van der Waals surface area contributed by atoms with Gasteiger partial charge in [-0.3, -0.25) is 18.5 Å². The van der Waals surface area contributed by atoms with Crippen molar-refractivity contribution in [3.8, 4) is 0 Å². The number of aryl methyl sites for hydroxylation is 2. The topological polar surface area (TPSA) is 97.4 Å². The first-order valence-corrected chi connectivity index (χ1v) is 12.4. The van der Waals surface area contributed by atoms with Crippen LogP contribution in [0.3, 0.4) is 0 Å². The van der Waals surface area contributed by atoms with Gasteiger partial charge in [-0.2, -0.15) is 4.98 Å². The zero-order valence-electron chi connectivity index (χ0n) is 20.9. The summed E-state index contributed by atoms with van der Waals surface area (Å²) in [5.74, 6) is 0.604. The Morgan fingerprint density at radius 3 is 2.38 bits per heavy atom. The number of rotatable bonds is 4. The van der Waals surface area contributed by atoms with Gasteiger partial charge in [0.2, 0.25) is 5.95 Å². The summed E-state index contributed by atoms with van der Waals surface area (Å²) in [4.78, 5) is 47.2. The first-order valence-electron chi connectivity index (χ1n) is 12.0. The summed E-state index contributed by atoms with van der Waals surface area (Å²) in [5.41, 5.74) is 2.73. The van der Waals surface area contributed by atoms with Gasteiger partial charge in [0.05, 0.1) is 6.54 Å². The molecule has 0 saturated carbocycles. The molecule has 2 aromatic carbocycles. The first kappa shape index (κ1) is 24.6. The van der Waals surface area contributed by atoms with E-state index in [0.29, 0.717) is 60.5 Å². The van der Waals surface area contributed by atoms with Gasteiger partial charge in [0.15, 0.2) is 11.2 Å². The molecule has 2 amide bonds. The molecule has 37 heavy (non-hydrogen) atoms. The summed E-state index contributed by atoms with van der Waals surface area (Å²) in [6.45, 7) is 4.46. The predicted octanol–water partition coefficient (Wildman–Crippen LogP) is 2.80. The number of halogens is 1. The molecular formula is C26H28ClN7O3. The van der Waals surface area contributed by atoms with Crippen molar-refractivity contribution < 1.29 is 4.79 Å². The lowest BCUT2D eigenvalue weighted by Gasteiger charge is -2.35. The number of piperazine rings is 1. The molecular weight excluding hydrogens is 494 g/mol. The Hall–Kier alpha value is -4.05. The standard InChI is InChI=1S/C26H28ClN7O3/c1-17-5-4-6-18(15-17)16-34-21-22(30(2)26(37)31(3)23(21)35)29-24(34)32-11-13-33(14-12-32)25(36)28-20-9-7-19(27)8-10-20/h4-10,15H,11-14,16H2,1-3H3,(H,28,36). The molecule has 192 valence electrons. The zero-order chi connectivity index (χ0) is 26.3. The number of hydrogen-bond donors (Lipinski definition) is 1. The second-order valence-corrected chi connectivity index (χ2v) is 9.71. The summed E-state index contributed by atoms with van der Waals surface area (Å²) in [6.07, 6.45) is 0. The molecule has 3 heterocycles. The Bertz CT molecular complexity index is 1600. The van der Waals surface area contributed by atoms with E-state index in [-0.39, 0.29) is 11.6 Å². The molecule has 1 saturated heterocycles. The highest BCUT2D eigenvalue weighted by atomic mass is 35.5. The predicted molar refractivity (Wildman–Crippen MR) is 145 cm³/mol. The molecule has 1 aliphatic rings. The molecule has 1 aliphatic heterocycles. The van der Waals surface area contributed by atoms with Gasteiger partial charge in [-0.1, -0.05) is 41.4 Å². The van der Waals surface area contributed by atoms with Crippen LogP contribution >= 0.6 is 11.6 Å². The number of amides is 2. The van der Waals surface area contributed by atoms with E-state index in [9.17, 15) is 14.4 Å². The van der Waals surface area contributed by atoms with E-state index < -0.39 is 5.69 Å². The number of urea groups is 1. The van der Waals surface area contributed by atoms with E-state index in [1.54, 1.807) is 36.2 Å². The fraction of sp³-hybridized carbons (Fsp3) is 0.308.